The van der Waals surface area contributed by atoms with Gasteiger partial charge in [-0.1, -0.05) is 44.7 Å². The zero-order valence-electron chi connectivity index (χ0n) is 12.5. The largest absolute Gasteiger partial charge is 0.381 e. The van der Waals surface area contributed by atoms with E-state index in [1.807, 2.05) is 6.92 Å². The van der Waals surface area contributed by atoms with Gasteiger partial charge in [0.15, 0.2) is 5.78 Å². The van der Waals surface area contributed by atoms with E-state index in [4.69, 9.17) is 16.3 Å². The van der Waals surface area contributed by atoms with Crippen LogP contribution in [0.3, 0.4) is 0 Å². The standard InChI is InChI=1S/C16H27ClO2/c1-4-6-8-13-12(3)15(17)16(18)14(13)9-11-19-10-7-5-2/h13-14H,4-11H2,1-3H3/t13-,14+/m0/s1. The fourth-order valence-corrected chi connectivity index (χ4v) is 3.02. The molecule has 1 aliphatic rings. The van der Waals surface area contributed by atoms with Crippen LogP contribution in [0.1, 0.15) is 59.3 Å². The second kappa shape index (κ2) is 8.76. The maximum absolute atomic E-state index is 12.2. The zero-order valence-corrected chi connectivity index (χ0v) is 13.3. The van der Waals surface area contributed by atoms with Gasteiger partial charge in [0.25, 0.3) is 0 Å². The number of hydrogen-bond acceptors (Lipinski definition) is 2. The topological polar surface area (TPSA) is 26.3 Å². The smallest absolute Gasteiger partial charge is 0.177 e. The van der Waals surface area contributed by atoms with E-state index in [0.29, 0.717) is 17.6 Å². The Hall–Kier alpha value is -0.340. The summed E-state index contributed by atoms with van der Waals surface area (Å²) in [7, 11) is 0. The Bertz CT molecular complexity index is 323. The Balaban J connectivity index is 2.47. The van der Waals surface area contributed by atoms with E-state index >= 15 is 0 Å². The molecule has 0 aromatic carbocycles. The number of carbonyl (C=O) groups is 1. The summed E-state index contributed by atoms with van der Waals surface area (Å²) in [4.78, 5) is 12.2. The highest BCUT2D eigenvalue weighted by Gasteiger charge is 2.38. The highest BCUT2D eigenvalue weighted by Crippen LogP contribution is 2.40. The van der Waals surface area contributed by atoms with Crippen LogP contribution in [0.2, 0.25) is 0 Å². The maximum Gasteiger partial charge on any atom is 0.177 e. The third-order valence-corrected chi connectivity index (χ3v) is 4.51. The number of rotatable bonds is 9. The molecule has 0 radical (unpaired) electrons. The molecule has 1 aliphatic carbocycles. The minimum Gasteiger partial charge on any atom is -0.381 e. The molecule has 1 rings (SSSR count). The first kappa shape index (κ1) is 16.7. The minimum atomic E-state index is 0.0562. The summed E-state index contributed by atoms with van der Waals surface area (Å²) in [5.74, 6) is 0.537. The van der Waals surface area contributed by atoms with Crippen molar-refractivity contribution in [1.82, 2.24) is 0 Å². The van der Waals surface area contributed by atoms with Crippen molar-refractivity contribution in [3.05, 3.63) is 10.6 Å². The summed E-state index contributed by atoms with van der Waals surface area (Å²) in [6.07, 6.45) is 6.44. The second-order valence-corrected chi connectivity index (χ2v) is 5.85. The first-order valence-electron chi connectivity index (χ1n) is 7.61. The highest BCUT2D eigenvalue weighted by atomic mass is 35.5. The van der Waals surface area contributed by atoms with Crippen LogP contribution in [0.5, 0.6) is 0 Å². The number of halogens is 1. The summed E-state index contributed by atoms with van der Waals surface area (Å²) < 4.78 is 5.59. The number of ether oxygens (including phenoxy) is 1. The van der Waals surface area contributed by atoms with E-state index in [9.17, 15) is 4.79 Å². The van der Waals surface area contributed by atoms with Gasteiger partial charge in [-0.05, 0) is 37.7 Å². The maximum atomic E-state index is 12.2. The van der Waals surface area contributed by atoms with Gasteiger partial charge in [0.1, 0.15) is 0 Å². The van der Waals surface area contributed by atoms with Crippen molar-refractivity contribution in [2.75, 3.05) is 13.2 Å². The van der Waals surface area contributed by atoms with E-state index in [2.05, 4.69) is 13.8 Å². The number of hydrogen-bond donors (Lipinski definition) is 0. The predicted molar refractivity (Wildman–Crippen MR) is 80.4 cm³/mol. The van der Waals surface area contributed by atoms with Crippen LogP contribution < -0.4 is 0 Å². The molecule has 2 nitrogen and oxygen atoms in total. The normalized spacial score (nSPS) is 23.5. The summed E-state index contributed by atoms with van der Waals surface area (Å²) in [5.41, 5.74) is 1.10. The summed E-state index contributed by atoms with van der Waals surface area (Å²) in [6.45, 7) is 7.82. The molecule has 0 fully saturated rings. The fourth-order valence-electron chi connectivity index (χ4n) is 2.74. The predicted octanol–water partition coefficient (Wildman–Crippen LogP) is 4.71. The van der Waals surface area contributed by atoms with Crippen molar-refractivity contribution in [3.8, 4) is 0 Å². The van der Waals surface area contributed by atoms with Gasteiger partial charge >= 0.3 is 0 Å². The van der Waals surface area contributed by atoms with Crippen LogP contribution in [0.4, 0.5) is 0 Å². The van der Waals surface area contributed by atoms with Gasteiger partial charge in [-0.25, -0.2) is 0 Å². The summed E-state index contributed by atoms with van der Waals surface area (Å²) in [5, 5.41) is 0.486. The van der Waals surface area contributed by atoms with Crippen molar-refractivity contribution >= 4 is 17.4 Å². The van der Waals surface area contributed by atoms with Crippen LogP contribution in [0, 0.1) is 11.8 Å². The molecule has 0 aromatic rings. The summed E-state index contributed by atoms with van der Waals surface area (Å²) in [6, 6.07) is 0. The van der Waals surface area contributed by atoms with Crippen molar-refractivity contribution in [2.45, 2.75) is 59.3 Å². The first-order chi connectivity index (χ1) is 9.13. The molecule has 0 bridgehead atoms. The van der Waals surface area contributed by atoms with E-state index in [1.54, 1.807) is 0 Å². The van der Waals surface area contributed by atoms with Crippen molar-refractivity contribution in [1.29, 1.82) is 0 Å². The average Bonchev–Trinajstić information content (AvgIpc) is 2.61. The molecule has 19 heavy (non-hydrogen) atoms. The number of Topliss-reactive ketones (excluding diaryl/α,β-unsaturated/α-hetero) is 1. The lowest BCUT2D eigenvalue weighted by molar-refractivity contribution is -0.119. The molecule has 0 spiro atoms. The van der Waals surface area contributed by atoms with Crippen LogP contribution in [-0.4, -0.2) is 19.0 Å². The monoisotopic (exact) mass is 286 g/mol. The number of ketones is 1. The van der Waals surface area contributed by atoms with Crippen LogP contribution in [0.25, 0.3) is 0 Å². The molecule has 2 atom stereocenters. The fraction of sp³-hybridized carbons (Fsp3) is 0.812. The van der Waals surface area contributed by atoms with Crippen LogP contribution in [-0.2, 0) is 9.53 Å². The van der Waals surface area contributed by atoms with Crippen LogP contribution >= 0.6 is 11.6 Å². The SMILES string of the molecule is CCCCOCC[C@H]1C(=O)C(Cl)=C(C)[C@@H]1CCCC. The van der Waals surface area contributed by atoms with Gasteiger partial charge < -0.3 is 4.74 Å². The van der Waals surface area contributed by atoms with Gasteiger partial charge in [-0.2, -0.15) is 0 Å². The van der Waals surface area contributed by atoms with Crippen molar-refractivity contribution < 1.29 is 9.53 Å². The molecule has 0 unspecified atom stereocenters. The Kier molecular flexibility index (Phi) is 7.70. The molecule has 0 aliphatic heterocycles. The van der Waals surface area contributed by atoms with Gasteiger partial charge in [0, 0.05) is 19.1 Å². The van der Waals surface area contributed by atoms with E-state index in [-0.39, 0.29) is 11.7 Å². The van der Waals surface area contributed by atoms with Gasteiger partial charge in [-0.3, -0.25) is 4.79 Å². The molecule has 0 aromatic heterocycles. The molecular formula is C16H27ClO2. The quantitative estimate of drug-likeness (QED) is 0.574. The second-order valence-electron chi connectivity index (χ2n) is 5.47. The molecule has 0 heterocycles. The molecule has 0 N–H and O–H groups in total. The Labute approximate surface area is 122 Å². The lowest BCUT2D eigenvalue weighted by Gasteiger charge is -2.20. The minimum absolute atomic E-state index is 0.0562. The Morgan fingerprint density at radius 1 is 1.05 bits per heavy atom. The molecular weight excluding hydrogens is 260 g/mol. The highest BCUT2D eigenvalue weighted by molar-refractivity contribution is 6.44. The lowest BCUT2D eigenvalue weighted by atomic mass is 9.85. The van der Waals surface area contributed by atoms with E-state index in [1.165, 1.54) is 0 Å². The van der Waals surface area contributed by atoms with Crippen LogP contribution in [0.15, 0.2) is 10.6 Å². The number of carbonyl (C=O) groups excluding carboxylic acids is 1. The molecule has 3 heteroatoms. The zero-order chi connectivity index (χ0) is 14.3. The Morgan fingerprint density at radius 2 is 1.74 bits per heavy atom. The molecule has 110 valence electrons. The summed E-state index contributed by atoms with van der Waals surface area (Å²) >= 11 is 6.13. The van der Waals surface area contributed by atoms with Crippen molar-refractivity contribution in [3.63, 3.8) is 0 Å². The molecule has 0 saturated carbocycles. The number of unbranched alkanes of at least 4 members (excludes halogenated alkanes) is 2. The third-order valence-electron chi connectivity index (χ3n) is 4.03. The molecule has 0 saturated heterocycles. The number of allylic oxidation sites excluding steroid dienone is 2. The van der Waals surface area contributed by atoms with Gasteiger partial charge in [0.05, 0.1) is 5.03 Å². The first-order valence-corrected chi connectivity index (χ1v) is 7.99. The van der Waals surface area contributed by atoms with Gasteiger partial charge in [0.2, 0.25) is 0 Å². The lowest BCUT2D eigenvalue weighted by Crippen LogP contribution is -2.20. The van der Waals surface area contributed by atoms with Crippen molar-refractivity contribution in [2.24, 2.45) is 11.8 Å². The molecule has 0 amide bonds. The third kappa shape index (κ3) is 4.61. The average molecular weight is 287 g/mol. The Morgan fingerprint density at radius 3 is 2.37 bits per heavy atom. The van der Waals surface area contributed by atoms with E-state index < -0.39 is 0 Å². The van der Waals surface area contributed by atoms with Gasteiger partial charge in [-0.15, -0.1) is 0 Å². The van der Waals surface area contributed by atoms with E-state index in [0.717, 1.165) is 50.7 Å².